The first-order chi connectivity index (χ1) is 9.19. The van der Waals surface area contributed by atoms with Crippen LogP contribution in [0.4, 0.5) is 9.18 Å². The molecule has 0 aliphatic heterocycles. The van der Waals surface area contributed by atoms with Gasteiger partial charge in [-0.2, -0.15) is 0 Å². The lowest BCUT2D eigenvalue weighted by molar-refractivity contribution is 0.201. The molecule has 0 unspecified atom stereocenters. The minimum atomic E-state index is -0.512. The molecule has 1 aromatic carbocycles. The first kappa shape index (κ1) is 15.0. The molecule has 0 heterocycles. The summed E-state index contributed by atoms with van der Waals surface area (Å²) in [7, 11) is 0. The third kappa shape index (κ3) is 5.39. The summed E-state index contributed by atoms with van der Waals surface area (Å²) in [6.07, 6.45) is -0.0750. The molecule has 0 atom stereocenters. The fraction of sp³-hybridized carbons (Fsp3) is 0.308. The van der Waals surface area contributed by atoms with Gasteiger partial charge in [-0.25, -0.2) is 9.18 Å². The summed E-state index contributed by atoms with van der Waals surface area (Å²) >= 11 is 0. The zero-order valence-electron chi connectivity index (χ0n) is 10.7. The maximum atomic E-state index is 12.3. The second kappa shape index (κ2) is 8.10. The van der Waals surface area contributed by atoms with Gasteiger partial charge in [0, 0.05) is 18.7 Å². The van der Waals surface area contributed by atoms with Gasteiger partial charge in [-0.3, -0.25) is 0 Å². The van der Waals surface area contributed by atoms with Gasteiger partial charge in [0.2, 0.25) is 0 Å². The van der Waals surface area contributed by atoms with Crippen molar-refractivity contribution in [3.63, 3.8) is 0 Å². The normalized spacial score (nSPS) is 11.0. The second-order valence-electron chi connectivity index (χ2n) is 3.65. The lowest BCUT2D eigenvalue weighted by atomic mass is 10.3. The van der Waals surface area contributed by atoms with Crippen molar-refractivity contribution in [2.45, 2.75) is 6.92 Å². The molecule has 3 N–H and O–H groups in total. The number of nitrogens with one attached hydrogen (secondary N) is 1. The Labute approximate surface area is 111 Å². The molecule has 19 heavy (non-hydrogen) atoms. The molecular weight excluding hydrogens is 251 g/mol. The third-order valence-corrected chi connectivity index (χ3v) is 2.20. The molecule has 0 fully saturated rings. The number of benzene rings is 1. The maximum Gasteiger partial charge on any atom is 0.412 e. The lowest BCUT2D eigenvalue weighted by Crippen LogP contribution is -2.26. The monoisotopic (exact) mass is 268 g/mol. The summed E-state index contributed by atoms with van der Waals surface area (Å²) in [5.41, 5.74) is 5.67. The first-order valence-corrected chi connectivity index (χ1v) is 5.86. The van der Waals surface area contributed by atoms with Crippen LogP contribution in [0, 0.1) is 0 Å². The highest BCUT2D eigenvalue weighted by atomic mass is 19.1. The summed E-state index contributed by atoms with van der Waals surface area (Å²) in [6, 6.07) is 6.43. The number of carbonyl (C=O) groups excluding carboxylic acids is 1. The molecule has 0 aliphatic carbocycles. The molecule has 0 bridgehead atoms. The van der Waals surface area contributed by atoms with Crippen LogP contribution in [0.5, 0.6) is 11.5 Å². The van der Waals surface area contributed by atoms with Crippen LogP contribution in [0.3, 0.4) is 0 Å². The number of rotatable bonds is 6. The molecule has 0 spiro atoms. The van der Waals surface area contributed by atoms with E-state index in [1.165, 1.54) is 0 Å². The average molecular weight is 268 g/mol. The van der Waals surface area contributed by atoms with Crippen molar-refractivity contribution >= 4 is 6.09 Å². The lowest BCUT2D eigenvalue weighted by Gasteiger charge is -2.08. The summed E-state index contributed by atoms with van der Waals surface area (Å²) in [6.45, 7) is 2.49. The van der Waals surface area contributed by atoms with Crippen LogP contribution >= 0.6 is 0 Å². The fourth-order valence-corrected chi connectivity index (χ4v) is 1.20. The first-order valence-electron chi connectivity index (χ1n) is 5.86. The molecule has 1 amide bonds. The van der Waals surface area contributed by atoms with E-state index in [-0.39, 0.29) is 13.2 Å². The van der Waals surface area contributed by atoms with Gasteiger partial charge >= 0.3 is 6.09 Å². The van der Waals surface area contributed by atoms with E-state index >= 15 is 0 Å². The minimum Gasteiger partial charge on any atom is -0.489 e. The molecule has 6 heteroatoms. The molecular formula is C13H17FN2O3. The largest absolute Gasteiger partial charge is 0.489 e. The molecule has 1 rings (SSSR count). The molecule has 0 saturated carbocycles. The molecule has 5 nitrogen and oxygen atoms in total. The number of ether oxygens (including phenoxy) is 2. The second-order valence-corrected chi connectivity index (χ2v) is 3.65. The number of halogens is 1. The Morgan fingerprint density at radius 1 is 1.37 bits per heavy atom. The van der Waals surface area contributed by atoms with Gasteiger partial charge in [0.05, 0.1) is 6.33 Å². The Bertz CT molecular complexity index is 432. The summed E-state index contributed by atoms with van der Waals surface area (Å²) in [5, 5.41) is 2.51. The Kier molecular flexibility index (Phi) is 6.38. The van der Waals surface area contributed by atoms with Crippen LogP contribution in [-0.2, 0) is 0 Å². The van der Waals surface area contributed by atoms with E-state index < -0.39 is 6.09 Å². The number of nitrogens with two attached hydrogens (primary N) is 1. The average Bonchev–Trinajstić information content (AvgIpc) is 2.42. The van der Waals surface area contributed by atoms with Crippen LogP contribution in [0.1, 0.15) is 6.92 Å². The van der Waals surface area contributed by atoms with Crippen LogP contribution in [0.2, 0.25) is 0 Å². The number of hydrogen-bond acceptors (Lipinski definition) is 4. The SMILES string of the molecule is CCNC(=O)Oc1ccc(OC/C(=C\F)CN)cc1. The maximum absolute atomic E-state index is 12.3. The third-order valence-electron chi connectivity index (χ3n) is 2.20. The van der Waals surface area contributed by atoms with E-state index in [4.69, 9.17) is 15.2 Å². The van der Waals surface area contributed by atoms with Gasteiger partial charge in [0.25, 0.3) is 0 Å². The van der Waals surface area contributed by atoms with Crippen LogP contribution in [0.25, 0.3) is 0 Å². The highest BCUT2D eigenvalue weighted by Crippen LogP contribution is 2.18. The quantitative estimate of drug-likeness (QED) is 0.827. The Balaban J connectivity index is 2.50. The molecule has 0 saturated heterocycles. The van der Waals surface area contributed by atoms with Crippen molar-refractivity contribution in [1.82, 2.24) is 5.32 Å². The molecule has 0 radical (unpaired) electrons. The van der Waals surface area contributed by atoms with Crippen LogP contribution < -0.4 is 20.5 Å². The Morgan fingerprint density at radius 3 is 2.53 bits per heavy atom. The zero-order valence-corrected chi connectivity index (χ0v) is 10.7. The van der Waals surface area contributed by atoms with Crippen molar-refractivity contribution in [1.29, 1.82) is 0 Å². The Morgan fingerprint density at radius 2 is 2.00 bits per heavy atom. The van der Waals surface area contributed by atoms with Gasteiger partial charge in [0.15, 0.2) is 0 Å². The number of hydrogen-bond donors (Lipinski definition) is 2. The van der Waals surface area contributed by atoms with E-state index in [0.717, 1.165) is 0 Å². The smallest absolute Gasteiger partial charge is 0.412 e. The summed E-state index contributed by atoms with van der Waals surface area (Å²) in [4.78, 5) is 11.2. The zero-order chi connectivity index (χ0) is 14.1. The van der Waals surface area contributed by atoms with Crippen LogP contribution in [0.15, 0.2) is 36.2 Å². The van der Waals surface area contributed by atoms with Crippen LogP contribution in [-0.4, -0.2) is 25.8 Å². The van der Waals surface area contributed by atoms with Gasteiger partial charge < -0.3 is 20.5 Å². The highest BCUT2D eigenvalue weighted by molar-refractivity contribution is 5.70. The van der Waals surface area contributed by atoms with Gasteiger partial charge in [-0.15, -0.1) is 0 Å². The topological polar surface area (TPSA) is 73.6 Å². The van der Waals surface area contributed by atoms with E-state index in [9.17, 15) is 9.18 Å². The van der Waals surface area contributed by atoms with Gasteiger partial charge in [-0.05, 0) is 31.2 Å². The van der Waals surface area contributed by atoms with Gasteiger partial charge in [-0.1, -0.05) is 0 Å². The van der Waals surface area contributed by atoms with Gasteiger partial charge in [0.1, 0.15) is 18.1 Å². The van der Waals surface area contributed by atoms with Crippen molar-refractivity contribution in [3.05, 3.63) is 36.2 Å². The van der Waals surface area contributed by atoms with E-state index in [0.29, 0.717) is 29.9 Å². The predicted octanol–water partition coefficient (Wildman–Crippen LogP) is 1.99. The predicted molar refractivity (Wildman–Crippen MR) is 69.9 cm³/mol. The van der Waals surface area contributed by atoms with Crippen molar-refractivity contribution in [2.24, 2.45) is 5.73 Å². The van der Waals surface area contributed by atoms with E-state index in [1.807, 2.05) is 0 Å². The molecule has 0 aromatic heterocycles. The fourth-order valence-electron chi connectivity index (χ4n) is 1.20. The number of carbonyl (C=O) groups is 1. The molecule has 0 aliphatic rings. The van der Waals surface area contributed by atoms with Crippen molar-refractivity contribution in [3.8, 4) is 11.5 Å². The summed E-state index contributed by atoms with van der Waals surface area (Å²) < 4.78 is 22.5. The summed E-state index contributed by atoms with van der Waals surface area (Å²) in [5.74, 6) is 0.939. The highest BCUT2D eigenvalue weighted by Gasteiger charge is 2.03. The van der Waals surface area contributed by atoms with E-state index in [2.05, 4.69) is 5.32 Å². The molecule has 1 aromatic rings. The number of amides is 1. The molecule has 104 valence electrons. The van der Waals surface area contributed by atoms with Crippen molar-refractivity contribution < 1.29 is 18.7 Å². The minimum absolute atomic E-state index is 0.0868. The van der Waals surface area contributed by atoms with E-state index in [1.54, 1.807) is 31.2 Å². The van der Waals surface area contributed by atoms with Crippen molar-refractivity contribution in [2.75, 3.05) is 19.7 Å². The Hall–Kier alpha value is -2.08. The standard InChI is InChI=1S/C13H17FN2O3/c1-2-16-13(17)19-12-5-3-11(4-6-12)18-9-10(7-14)8-15/h3-7H,2,8-9,15H2,1H3,(H,16,17)/b10-7-.